The molecule has 0 unspecified atom stereocenters. The summed E-state index contributed by atoms with van der Waals surface area (Å²) in [5, 5.41) is 4.00. The fourth-order valence-electron chi connectivity index (χ4n) is 1.92. The van der Waals surface area contributed by atoms with Crippen molar-refractivity contribution in [2.75, 3.05) is 0 Å². The maximum atomic E-state index is 6.11. The van der Waals surface area contributed by atoms with Crippen LogP contribution < -0.4 is 5.73 Å². The first kappa shape index (κ1) is 13.7. The van der Waals surface area contributed by atoms with E-state index in [1.54, 1.807) is 0 Å². The molecule has 102 valence electrons. The summed E-state index contributed by atoms with van der Waals surface area (Å²) in [5.74, 6) is 1.24. The number of hydrogen-bond acceptors (Lipinski definition) is 4. The number of rotatable bonds is 4. The van der Waals surface area contributed by atoms with Crippen molar-refractivity contribution in [1.82, 2.24) is 10.1 Å². The summed E-state index contributed by atoms with van der Waals surface area (Å²) in [6, 6.07) is 9.84. The smallest absolute Gasteiger partial charge is 0.243 e. The Morgan fingerprint density at radius 3 is 2.53 bits per heavy atom. The number of nitrogens with zero attached hydrogens (tertiary/aromatic N) is 2. The van der Waals surface area contributed by atoms with E-state index in [-0.39, 0.29) is 11.5 Å². The van der Waals surface area contributed by atoms with Gasteiger partial charge in [0.2, 0.25) is 5.89 Å². The van der Waals surface area contributed by atoms with E-state index in [1.165, 1.54) is 5.56 Å². The fraction of sp³-hybridized carbons (Fsp3) is 0.467. The standard InChI is InChI=1S/C15H21N3O/c1-15(2,3)10-13-17-14(19-18-13)12(16)9-11-7-5-4-6-8-11/h4-8,12H,9-10,16H2,1-3H3/t12-/m1/s1. The monoisotopic (exact) mass is 259 g/mol. The van der Waals surface area contributed by atoms with Crippen molar-refractivity contribution in [1.29, 1.82) is 0 Å². The lowest BCUT2D eigenvalue weighted by atomic mass is 9.92. The van der Waals surface area contributed by atoms with Gasteiger partial charge in [0.15, 0.2) is 5.82 Å². The molecule has 0 amide bonds. The molecule has 1 aromatic carbocycles. The van der Waals surface area contributed by atoms with Gasteiger partial charge in [0, 0.05) is 6.42 Å². The summed E-state index contributed by atoms with van der Waals surface area (Å²) < 4.78 is 5.26. The highest BCUT2D eigenvalue weighted by atomic mass is 16.5. The molecule has 0 aliphatic carbocycles. The molecule has 0 saturated carbocycles. The van der Waals surface area contributed by atoms with Gasteiger partial charge in [0.05, 0.1) is 6.04 Å². The Balaban J connectivity index is 2.02. The van der Waals surface area contributed by atoms with Gasteiger partial charge in [-0.15, -0.1) is 0 Å². The van der Waals surface area contributed by atoms with Gasteiger partial charge in [-0.25, -0.2) is 0 Å². The average molecular weight is 259 g/mol. The normalized spacial score (nSPS) is 13.5. The van der Waals surface area contributed by atoms with Gasteiger partial charge in [-0.2, -0.15) is 4.98 Å². The van der Waals surface area contributed by atoms with Crippen molar-refractivity contribution >= 4 is 0 Å². The predicted octanol–water partition coefficient (Wildman–Crippen LogP) is 2.90. The second kappa shape index (κ2) is 5.53. The Morgan fingerprint density at radius 1 is 1.21 bits per heavy atom. The molecular formula is C15H21N3O. The van der Waals surface area contributed by atoms with Crippen LogP contribution in [0.3, 0.4) is 0 Å². The van der Waals surface area contributed by atoms with E-state index >= 15 is 0 Å². The largest absolute Gasteiger partial charge is 0.338 e. The molecular weight excluding hydrogens is 238 g/mol. The third kappa shape index (κ3) is 4.17. The molecule has 0 spiro atoms. The minimum absolute atomic E-state index is 0.144. The first-order valence-corrected chi connectivity index (χ1v) is 6.56. The van der Waals surface area contributed by atoms with Crippen LogP contribution in [0, 0.1) is 5.41 Å². The Bertz CT molecular complexity index is 514. The summed E-state index contributed by atoms with van der Waals surface area (Å²) in [5.41, 5.74) is 7.42. The molecule has 0 radical (unpaired) electrons. The zero-order valence-corrected chi connectivity index (χ0v) is 11.8. The highest BCUT2D eigenvalue weighted by molar-refractivity contribution is 5.16. The van der Waals surface area contributed by atoms with Gasteiger partial charge in [-0.05, 0) is 17.4 Å². The van der Waals surface area contributed by atoms with Crippen LogP contribution in [-0.4, -0.2) is 10.1 Å². The van der Waals surface area contributed by atoms with Crippen LogP contribution in [0.25, 0.3) is 0 Å². The van der Waals surface area contributed by atoms with Crippen molar-refractivity contribution in [3.63, 3.8) is 0 Å². The summed E-state index contributed by atoms with van der Waals surface area (Å²) in [4.78, 5) is 4.39. The van der Waals surface area contributed by atoms with Gasteiger partial charge in [-0.3, -0.25) is 0 Å². The van der Waals surface area contributed by atoms with Crippen LogP contribution in [-0.2, 0) is 12.8 Å². The molecule has 0 saturated heterocycles. The number of aromatic nitrogens is 2. The molecule has 19 heavy (non-hydrogen) atoms. The number of hydrogen-bond donors (Lipinski definition) is 1. The average Bonchev–Trinajstić information content (AvgIpc) is 2.76. The van der Waals surface area contributed by atoms with Crippen molar-refractivity contribution in [3.05, 3.63) is 47.6 Å². The van der Waals surface area contributed by atoms with E-state index in [0.29, 0.717) is 12.3 Å². The van der Waals surface area contributed by atoms with E-state index in [0.717, 1.165) is 12.2 Å². The molecule has 2 aromatic rings. The highest BCUT2D eigenvalue weighted by Gasteiger charge is 2.19. The fourth-order valence-corrected chi connectivity index (χ4v) is 1.92. The van der Waals surface area contributed by atoms with Crippen LogP contribution in [0.2, 0.25) is 0 Å². The van der Waals surface area contributed by atoms with E-state index in [2.05, 4.69) is 30.9 Å². The van der Waals surface area contributed by atoms with Gasteiger partial charge in [0.1, 0.15) is 0 Å². The Hall–Kier alpha value is -1.68. The third-order valence-electron chi connectivity index (χ3n) is 2.79. The van der Waals surface area contributed by atoms with Gasteiger partial charge in [-0.1, -0.05) is 56.3 Å². The minimum Gasteiger partial charge on any atom is -0.338 e. The van der Waals surface area contributed by atoms with Gasteiger partial charge >= 0.3 is 0 Å². The molecule has 4 heteroatoms. The second-order valence-corrected chi connectivity index (χ2v) is 6.08. The maximum absolute atomic E-state index is 6.11. The lowest BCUT2D eigenvalue weighted by molar-refractivity contribution is 0.339. The molecule has 1 atom stereocenters. The van der Waals surface area contributed by atoms with Crippen LogP contribution in [0.1, 0.15) is 44.1 Å². The highest BCUT2D eigenvalue weighted by Crippen LogP contribution is 2.20. The molecule has 0 fully saturated rings. The summed E-state index contributed by atoms with van der Waals surface area (Å²) in [6.45, 7) is 6.44. The Labute approximate surface area is 114 Å². The van der Waals surface area contributed by atoms with E-state index < -0.39 is 0 Å². The molecule has 0 aliphatic rings. The molecule has 0 aliphatic heterocycles. The summed E-state index contributed by atoms with van der Waals surface area (Å²) >= 11 is 0. The molecule has 1 heterocycles. The lowest BCUT2D eigenvalue weighted by Gasteiger charge is -2.14. The molecule has 1 aromatic heterocycles. The van der Waals surface area contributed by atoms with Crippen LogP contribution >= 0.6 is 0 Å². The zero-order chi connectivity index (χ0) is 13.9. The topological polar surface area (TPSA) is 64.9 Å². The van der Waals surface area contributed by atoms with E-state index in [4.69, 9.17) is 10.3 Å². The first-order valence-electron chi connectivity index (χ1n) is 6.56. The van der Waals surface area contributed by atoms with Crippen molar-refractivity contribution in [3.8, 4) is 0 Å². The lowest BCUT2D eigenvalue weighted by Crippen LogP contribution is -2.14. The molecule has 4 nitrogen and oxygen atoms in total. The Morgan fingerprint density at radius 2 is 1.89 bits per heavy atom. The van der Waals surface area contributed by atoms with Crippen LogP contribution in [0.4, 0.5) is 0 Å². The molecule has 2 rings (SSSR count). The van der Waals surface area contributed by atoms with Crippen LogP contribution in [0.5, 0.6) is 0 Å². The Kier molecular flexibility index (Phi) is 4.00. The number of nitrogens with two attached hydrogens (primary N) is 1. The summed E-state index contributed by atoms with van der Waals surface area (Å²) in [7, 11) is 0. The van der Waals surface area contributed by atoms with Crippen molar-refractivity contribution < 1.29 is 4.52 Å². The molecule has 0 bridgehead atoms. The quantitative estimate of drug-likeness (QED) is 0.917. The maximum Gasteiger partial charge on any atom is 0.243 e. The second-order valence-electron chi connectivity index (χ2n) is 6.08. The van der Waals surface area contributed by atoms with Crippen LogP contribution in [0.15, 0.2) is 34.9 Å². The SMILES string of the molecule is CC(C)(C)Cc1noc([C@H](N)Cc2ccccc2)n1. The van der Waals surface area contributed by atoms with Crippen molar-refractivity contribution in [2.45, 2.75) is 39.7 Å². The predicted molar refractivity (Wildman–Crippen MR) is 74.5 cm³/mol. The zero-order valence-electron chi connectivity index (χ0n) is 11.8. The van der Waals surface area contributed by atoms with Crippen molar-refractivity contribution in [2.24, 2.45) is 11.1 Å². The molecule has 2 N–H and O–H groups in total. The van der Waals surface area contributed by atoms with Gasteiger partial charge in [0.25, 0.3) is 0 Å². The summed E-state index contributed by atoms with van der Waals surface area (Å²) in [6.07, 6.45) is 1.49. The number of benzene rings is 1. The van der Waals surface area contributed by atoms with E-state index in [9.17, 15) is 0 Å². The third-order valence-corrected chi connectivity index (χ3v) is 2.79. The minimum atomic E-state index is -0.247. The first-order chi connectivity index (χ1) is 8.94. The van der Waals surface area contributed by atoms with E-state index in [1.807, 2.05) is 30.3 Å². The van der Waals surface area contributed by atoms with Gasteiger partial charge < -0.3 is 10.3 Å².